The molecule has 124 valence electrons. The number of hydrogen-bond acceptors (Lipinski definition) is 2. The molecule has 1 amide bonds. The minimum absolute atomic E-state index is 0.280. The molecule has 0 unspecified atom stereocenters. The molecule has 3 nitrogen and oxygen atoms in total. The van der Waals surface area contributed by atoms with Crippen LogP contribution in [0.2, 0.25) is 0 Å². The summed E-state index contributed by atoms with van der Waals surface area (Å²) < 4.78 is 16.8. The van der Waals surface area contributed by atoms with Crippen molar-refractivity contribution in [3.05, 3.63) is 63.7 Å². The van der Waals surface area contributed by atoms with E-state index in [-0.39, 0.29) is 11.7 Å². The lowest BCUT2D eigenvalue weighted by atomic mass is 10.1. The Hall–Kier alpha value is -2.27. The molecule has 0 fully saturated rings. The van der Waals surface area contributed by atoms with Crippen LogP contribution in [0.5, 0.6) is 0 Å². The highest BCUT2D eigenvalue weighted by Gasteiger charge is 2.13. The molecular weight excluding hydrogens is 323 g/mol. The second-order valence-electron chi connectivity index (χ2n) is 5.86. The normalized spacial score (nSPS) is 12.1. The number of aromatic nitrogens is 1. The molecule has 0 atom stereocenters. The van der Waals surface area contributed by atoms with Gasteiger partial charge in [-0.15, -0.1) is 0 Å². The summed E-state index contributed by atoms with van der Waals surface area (Å²) in [6, 6.07) is 10.6. The lowest BCUT2D eigenvalue weighted by Crippen LogP contribution is -2.17. The lowest BCUT2D eigenvalue weighted by Gasteiger charge is -2.04. The number of nitrogens with zero attached hydrogens (tertiary/aromatic N) is 2. The smallest absolute Gasteiger partial charge is 0.279 e. The van der Waals surface area contributed by atoms with Gasteiger partial charge in [-0.25, -0.2) is 4.39 Å². The zero-order valence-electron chi connectivity index (χ0n) is 14.0. The number of halogens is 1. The Labute approximate surface area is 144 Å². The van der Waals surface area contributed by atoms with Gasteiger partial charge in [0.1, 0.15) is 5.82 Å². The number of hydrogen-bond donors (Lipinski definition) is 0. The van der Waals surface area contributed by atoms with Crippen molar-refractivity contribution in [2.45, 2.75) is 33.7 Å². The minimum Gasteiger partial charge on any atom is -0.314 e. The van der Waals surface area contributed by atoms with Crippen LogP contribution in [0.3, 0.4) is 0 Å². The van der Waals surface area contributed by atoms with E-state index in [1.165, 1.54) is 17.4 Å². The van der Waals surface area contributed by atoms with E-state index >= 15 is 0 Å². The van der Waals surface area contributed by atoms with E-state index in [0.29, 0.717) is 22.4 Å². The van der Waals surface area contributed by atoms with Crippen LogP contribution >= 0.6 is 11.3 Å². The fourth-order valence-electron chi connectivity index (χ4n) is 2.80. The van der Waals surface area contributed by atoms with Gasteiger partial charge in [-0.3, -0.25) is 4.79 Å². The summed E-state index contributed by atoms with van der Waals surface area (Å²) in [5, 5.41) is 0. The number of benzene rings is 2. The Morgan fingerprint density at radius 3 is 2.75 bits per heavy atom. The second-order valence-corrected chi connectivity index (χ2v) is 6.87. The first-order valence-corrected chi connectivity index (χ1v) is 8.77. The Morgan fingerprint density at radius 1 is 1.25 bits per heavy atom. The molecule has 0 aliphatic rings. The zero-order chi connectivity index (χ0) is 17.3. The number of amides is 1. The number of fused-ring (bicyclic) bond motifs is 1. The van der Waals surface area contributed by atoms with Crippen molar-refractivity contribution in [3.63, 3.8) is 0 Å². The first-order valence-electron chi connectivity index (χ1n) is 7.95. The first-order chi connectivity index (χ1) is 11.5. The molecule has 0 aliphatic heterocycles. The zero-order valence-corrected chi connectivity index (χ0v) is 14.8. The van der Waals surface area contributed by atoms with Gasteiger partial charge in [0.2, 0.25) is 0 Å². The molecule has 0 N–H and O–H groups in total. The van der Waals surface area contributed by atoms with Gasteiger partial charge in [-0.1, -0.05) is 42.0 Å². The molecule has 0 saturated heterocycles. The third kappa shape index (κ3) is 3.04. The highest BCUT2D eigenvalue weighted by Crippen LogP contribution is 2.21. The highest BCUT2D eigenvalue weighted by atomic mass is 32.1. The predicted molar refractivity (Wildman–Crippen MR) is 95.9 cm³/mol. The Bertz CT molecular complexity index is 985. The number of carbonyl (C=O) groups excluding carboxylic acids is 1. The summed E-state index contributed by atoms with van der Waals surface area (Å²) >= 11 is 1.35. The van der Waals surface area contributed by atoms with Gasteiger partial charge in [-0.2, -0.15) is 4.99 Å². The summed E-state index contributed by atoms with van der Waals surface area (Å²) in [7, 11) is 0. The van der Waals surface area contributed by atoms with Crippen molar-refractivity contribution in [2.75, 3.05) is 0 Å². The van der Waals surface area contributed by atoms with Crippen molar-refractivity contribution < 1.29 is 9.18 Å². The van der Waals surface area contributed by atoms with Crippen LogP contribution in [0.25, 0.3) is 10.2 Å². The monoisotopic (exact) mass is 342 g/mol. The van der Waals surface area contributed by atoms with Crippen LogP contribution < -0.4 is 4.80 Å². The van der Waals surface area contributed by atoms with Crippen LogP contribution in [-0.2, 0) is 6.54 Å². The third-order valence-electron chi connectivity index (χ3n) is 3.91. The number of para-hydroxylation sites is 1. The number of carbonyl (C=O) groups is 1. The summed E-state index contributed by atoms with van der Waals surface area (Å²) in [6.07, 6.45) is 0.838. The Kier molecular flexibility index (Phi) is 4.62. The van der Waals surface area contributed by atoms with E-state index in [1.54, 1.807) is 16.7 Å². The van der Waals surface area contributed by atoms with Gasteiger partial charge in [0.15, 0.2) is 4.80 Å². The van der Waals surface area contributed by atoms with Crippen LogP contribution in [0.4, 0.5) is 4.39 Å². The van der Waals surface area contributed by atoms with Gasteiger partial charge in [0.05, 0.1) is 10.2 Å². The third-order valence-corrected chi connectivity index (χ3v) is 4.95. The molecular formula is C19H19FN2OS. The number of rotatable bonds is 3. The van der Waals surface area contributed by atoms with Crippen molar-refractivity contribution >= 4 is 27.5 Å². The molecule has 0 spiro atoms. The van der Waals surface area contributed by atoms with Gasteiger partial charge < -0.3 is 4.57 Å². The average Bonchev–Trinajstić information content (AvgIpc) is 2.86. The molecule has 0 saturated carbocycles. The molecule has 1 heterocycles. The fourth-order valence-corrected chi connectivity index (χ4v) is 3.87. The molecule has 3 rings (SSSR count). The summed E-state index contributed by atoms with van der Waals surface area (Å²) in [5.41, 5.74) is 3.12. The van der Waals surface area contributed by atoms with Crippen molar-refractivity contribution in [2.24, 2.45) is 4.99 Å². The molecule has 3 aromatic rings. The Morgan fingerprint density at radius 2 is 2.04 bits per heavy atom. The van der Waals surface area contributed by atoms with Crippen LogP contribution in [0, 0.1) is 19.7 Å². The topological polar surface area (TPSA) is 34.4 Å². The van der Waals surface area contributed by atoms with Gasteiger partial charge >= 0.3 is 0 Å². The van der Waals surface area contributed by atoms with Crippen LogP contribution in [-0.4, -0.2) is 10.5 Å². The minimum atomic E-state index is -0.288. The van der Waals surface area contributed by atoms with E-state index in [2.05, 4.69) is 4.99 Å². The Balaban J connectivity index is 2.17. The SMILES string of the molecule is CCCn1c(=NC(=O)c2ccc(C)cc2C)sc2cccc(F)c21. The molecule has 0 bridgehead atoms. The second kappa shape index (κ2) is 6.69. The molecule has 0 aliphatic carbocycles. The molecule has 5 heteroatoms. The van der Waals surface area contributed by atoms with Gasteiger partial charge in [0.25, 0.3) is 5.91 Å². The van der Waals surface area contributed by atoms with Gasteiger partial charge in [0, 0.05) is 12.1 Å². The molecule has 24 heavy (non-hydrogen) atoms. The maximum atomic E-state index is 14.2. The lowest BCUT2D eigenvalue weighted by molar-refractivity contribution is 0.0997. The van der Waals surface area contributed by atoms with Crippen molar-refractivity contribution in [1.29, 1.82) is 0 Å². The predicted octanol–water partition coefficient (Wildman–Crippen LogP) is 4.61. The van der Waals surface area contributed by atoms with Crippen molar-refractivity contribution in [3.8, 4) is 0 Å². The summed E-state index contributed by atoms with van der Waals surface area (Å²) in [5.74, 6) is -0.568. The number of aryl methyl sites for hydroxylation is 3. The van der Waals surface area contributed by atoms with Crippen LogP contribution in [0.1, 0.15) is 34.8 Å². The summed E-state index contributed by atoms with van der Waals surface area (Å²) in [4.78, 5) is 17.4. The number of thiazole rings is 1. The van der Waals surface area contributed by atoms with Crippen molar-refractivity contribution in [1.82, 2.24) is 4.57 Å². The van der Waals surface area contributed by atoms with E-state index in [0.717, 1.165) is 22.2 Å². The van der Waals surface area contributed by atoms with E-state index in [9.17, 15) is 9.18 Å². The van der Waals surface area contributed by atoms with Gasteiger partial charge in [-0.05, 0) is 44.0 Å². The summed E-state index contributed by atoms with van der Waals surface area (Å²) in [6.45, 7) is 6.54. The maximum absolute atomic E-state index is 14.2. The standard InChI is InChI=1S/C19H19FN2OS/c1-4-10-22-17-15(20)6-5-7-16(17)24-19(22)21-18(23)14-9-8-12(2)11-13(14)3/h5-9,11H,4,10H2,1-3H3. The first kappa shape index (κ1) is 16.6. The van der Waals surface area contributed by atoms with E-state index in [1.807, 2.05) is 39.0 Å². The molecule has 1 aromatic heterocycles. The van der Waals surface area contributed by atoms with Crippen LogP contribution in [0.15, 0.2) is 41.4 Å². The molecule has 0 radical (unpaired) electrons. The van der Waals surface area contributed by atoms with E-state index in [4.69, 9.17) is 0 Å². The average molecular weight is 342 g/mol. The van der Waals surface area contributed by atoms with E-state index < -0.39 is 0 Å². The molecule has 2 aromatic carbocycles. The maximum Gasteiger partial charge on any atom is 0.279 e. The highest BCUT2D eigenvalue weighted by molar-refractivity contribution is 7.16. The largest absolute Gasteiger partial charge is 0.314 e. The quantitative estimate of drug-likeness (QED) is 0.684. The fraction of sp³-hybridized carbons (Fsp3) is 0.263.